The molecule has 0 radical (unpaired) electrons. The molecule has 6 nitrogen and oxygen atoms in total. The first-order valence-electron chi connectivity index (χ1n) is 10.1. The maximum absolute atomic E-state index is 12.9. The van der Waals surface area contributed by atoms with Crippen molar-refractivity contribution in [1.29, 1.82) is 0 Å². The number of hydrogen-bond acceptors (Lipinski definition) is 5. The number of nitrogens with zero attached hydrogens (tertiary/aromatic N) is 2. The minimum atomic E-state index is -4.55. The molecule has 1 aliphatic rings. The maximum Gasteiger partial charge on any atom is 0.417 e. The largest absolute Gasteiger partial charge is 0.476 e. The van der Waals surface area contributed by atoms with Gasteiger partial charge in [-0.15, -0.1) is 0 Å². The molecule has 172 valence electrons. The molecule has 0 spiro atoms. The van der Waals surface area contributed by atoms with Crippen molar-refractivity contribution in [2.75, 3.05) is 11.9 Å². The average molecular weight is 470 g/mol. The van der Waals surface area contributed by atoms with E-state index in [2.05, 4.69) is 15.3 Å². The van der Waals surface area contributed by atoms with E-state index in [1.54, 1.807) is 32.9 Å². The Morgan fingerprint density at radius 2 is 1.94 bits per heavy atom. The van der Waals surface area contributed by atoms with Crippen molar-refractivity contribution >= 4 is 29.1 Å². The molecule has 3 rings (SSSR count). The van der Waals surface area contributed by atoms with Gasteiger partial charge < -0.3 is 10.1 Å². The topological polar surface area (TPSA) is 81.2 Å². The predicted molar refractivity (Wildman–Crippen MR) is 113 cm³/mol. The van der Waals surface area contributed by atoms with Crippen LogP contribution < -0.4 is 10.1 Å². The molecule has 1 N–H and O–H groups in total. The number of carbonyl (C=O) groups excluding carboxylic acids is 2. The van der Waals surface area contributed by atoms with Crippen molar-refractivity contribution < 1.29 is 27.5 Å². The van der Waals surface area contributed by atoms with Gasteiger partial charge in [-0.1, -0.05) is 25.4 Å². The van der Waals surface area contributed by atoms with Gasteiger partial charge in [0.05, 0.1) is 12.2 Å². The third-order valence-corrected chi connectivity index (χ3v) is 5.46. The van der Waals surface area contributed by atoms with E-state index in [4.69, 9.17) is 16.3 Å². The van der Waals surface area contributed by atoms with Gasteiger partial charge in [-0.05, 0) is 38.0 Å². The number of rotatable bonds is 8. The number of halogens is 4. The van der Waals surface area contributed by atoms with E-state index < -0.39 is 17.2 Å². The lowest BCUT2D eigenvalue weighted by atomic mass is 9.96. The number of alkyl halides is 3. The molecule has 2 aromatic heterocycles. The zero-order valence-corrected chi connectivity index (χ0v) is 18.6. The molecule has 1 saturated carbocycles. The van der Waals surface area contributed by atoms with Crippen LogP contribution in [0.4, 0.5) is 19.0 Å². The number of aryl methyl sites for hydroxylation is 1. The molecule has 1 fully saturated rings. The molecule has 2 aromatic rings. The first-order valence-corrected chi connectivity index (χ1v) is 10.4. The summed E-state index contributed by atoms with van der Waals surface area (Å²) in [7, 11) is 0. The fraction of sp³-hybridized carbons (Fsp3) is 0.455. The summed E-state index contributed by atoms with van der Waals surface area (Å²) in [6.07, 6.45) is -2.23. The third-order valence-electron chi connectivity index (χ3n) is 5.19. The molecule has 0 saturated heterocycles. The van der Waals surface area contributed by atoms with E-state index in [1.165, 1.54) is 0 Å². The van der Waals surface area contributed by atoms with Gasteiger partial charge in [-0.25, -0.2) is 9.97 Å². The molecule has 0 bridgehead atoms. The van der Waals surface area contributed by atoms with E-state index in [1.807, 2.05) is 0 Å². The van der Waals surface area contributed by atoms with Crippen LogP contribution in [0.25, 0.3) is 0 Å². The van der Waals surface area contributed by atoms with Crippen LogP contribution in [0.1, 0.15) is 54.7 Å². The Morgan fingerprint density at radius 1 is 1.25 bits per heavy atom. The van der Waals surface area contributed by atoms with Crippen LogP contribution in [0, 0.1) is 18.3 Å². The number of ether oxygens (including phenoxy) is 1. The minimum absolute atomic E-state index is 0.100. The second kappa shape index (κ2) is 9.05. The summed E-state index contributed by atoms with van der Waals surface area (Å²) in [6, 6.07) is 3.96. The number of Topliss-reactive ketones (excluding diaryl/α,β-unsaturated/α-hetero) is 1. The Balaban J connectivity index is 1.66. The van der Waals surface area contributed by atoms with Crippen molar-refractivity contribution in [2.45, 2.75) is 46.2 Å². The molecular formula is C22H23ClF3N3O3. The molecule has 10 heteroatoms. The zero-order valence-electron chi connectivity index (χ0n) is 17.8. The summed E-state index contributed by atoms with van der Waals surface area (Å²) < 4.78 is 43.8. The molecule has 0 aromatic carbocycles. The molecule has 0 unspecified atom stereocenters. The summed E-state index contributed by atoms with van der Waals surface area (Å²) in [6.45, 7) is 5.35. The summed E-state index contributed by atoms with van der Waals surface area (Å²) >= 11 is 5.89. The number of aromatic nitrogens is 2. The van der Waals surface area contributed by atoms with Gasteiger partial charge in [-0.3, -0.25) is 9.59 Å². The Morgan fingerprint density at radius 3 is 2.50 bits per heavy atom. The van der Waals surface area contributed by atoms with E-state index in [0.29, 0.717) is 23.3 Å². The highest BCUT2D eigenvalue weighted by Crippen LogP contribution is 2.50. The summed E-state index contributed by atoms with van der Waals surface area (Å²) in [4.78, 5) is 32.7. The Kier molecular flexibility index (Phi) is 6.78. The fourth-order valence-corrected chi connectivity index (χ4v) is 3.28. The predicted octanol–water partition coefficient (Wildman–Crippen LogP) is 5.48. The summed E-state index contributed by atoms with van der Waals surface area (Å²) in [5.41, 5.74) is -0.367. The maximum atomic E-state index is 12.9. The summed E-state index contributed by atoms with van der Waals surface area (Å²) in [5.74, 6) is -0.350. The van der Waals surface area contributed by atoms with Crippen LogP contribution in [-0.2, 0) is 11.0 Å². The van der Waals surface area contributed by atoms with E-state index in [9.17, 15) is 22.8 Å². The molecule has 2 heterocycles. The molecular weight excluding hydrogens is 447 g/mol. The smallest absolute Gasteiger partial charge is 0.417 e. The van der Waals surface area contributed by atoms with Crippen molar-refractivity contribution in [3.63, 3.8) is 0 Å². The number of nitrogens with one attached hydrogen (secondary N) is 1. The number of hydrogen-bond donors (Lipinski definition) is 1. The quantitative estimate of drug-likeness (QED) is 0.517. The highest BCUT2D eigenvalue weighted by atomic mass is 35.5. The summed E-state index contributed by atoms with van der Waals surface area (Å²) in [5, 5.41) is 2.46. The second-order valence-electron chi connectivity index (χ2n) is 8.42. The molecule has 32 heavy (non-hydrogen) atoms. The highest BCUT2D eigenvalue weighted by Gasteiger charge is 2.45. The van der Waals surface area contributed by atoms with Crippen LogP contribution in [0.15, 0.2) is 24.4 Å². The Bertz CT molecular complexity index is 1040. The van der Waals surface area contributed by atoms with Crippen LogP contribution in [-0.4, -0.2) is 28.3 Å². The Labute approximate surface area is 188 Å². The second-order valence-corrected chi connectivity index (χ2v) is 8.83. The van der Waals surface area contributed by atoms with E-state index in [0.717, 1.165) is 18.9 Å². The third kappa shape index (κ3) is 5.97. The zero-order chi connectivity index (χ0) is 23.7. The number of pyridine rings is 2. The lowest BCUT2D eigenvalue weighted by molar-refractivity contribution is -0.137. The average Bonchev–Trinajstić information content (AvgIpc) is 3.45. The van der Waals surface area contributed by atoms with Crippen LogP contribution in [0.3, 0.4) is 0 Å². The van der Waals surface area contributed by atoms with Gasteiger partial charge in [0.2, 0.25) is 11.8 Å². The lowest BCUT2D eigenvalue weighted by Gasteiger charge is -2.17. The Hall–Kier alpha value is -2.68. The van der Waals surface area contributed by atoms with Gasteiger partial charge in [0.1, 0.15) is 10.8 Å². The standard InChI is InChI=1S/C22H23ClF3N3O3/c1-12(2)19(31)29-18-7-14(6-13(3)28-18)17(30)9-21(4-5-21)11-32-20-16(23)8-15(10-27-20)22(24,25)26/h6-8,10,12H,4-5,9,11H2,1-3H3,(H,28,29,31). The number of anilines is 1. The molecule has 1 aliphatic carbocycles. The van der Waals surface area contributed by atoms with Crippen molar-refractivity contribution in [2.24, 2.45) is 11.3 Å². The van der Waals surface area contributed by atoms with Gasteiger partial charge in [0.15, 0.2) is 5.78 Å². The first-order chi connectivity index (χ1) is 14.9. The highest BCUT2D eigenvalue weighted by molar-refractivity contribution is 6.31. The van der Waals surface area contributed by atoms with Crippen LogP contribution in [0.5, 0.6) is 5.88 Å². The van der Waals surface area contributed by atoms with Gasteiger partial charge in [-0.2, -0.15) is 13.2 Å². The van der Waals surface area contributed by atoms with Gasteiger partial charge in [0.25, 0.3) is 0 Å². The SMILES string of the molecule is Cc1cc(C(=O)CC2(COc3ncc(C(F)(F)F)cc3Cl)CC2)cc(NC(=O)C(C)C)n1. The van der Waals surface area contributed by atoms with Crippen molar-refractivity contribution in [3.8, 4) is 5.88 Å². The fourth-order valence-electron chi connectivity index (χ4n) is 3.06. The number of ketones is 1. The molecule has 0 aliphatic heterocycles. The van der Waals surface area contributed by atoms with Gasteiger partial charge in [0, 0.05) is 35.2 Å². The molecule has 1 amide bonds. The minimum Gasteiger partial charge on any atom is -0.476 e. The first kappa shape index (κ1) is 24.0. The van der Waals surface area contributed by atoms with Crippen LogP contribution in [0.2, 0.25) is 5.02 Å². The number of carbonyl (C=O) groups is 2. The van der Waals surface area contributed by atoms with E-state index in [-0.39, 0.29) is 41.5 Å². The molecule has 0 atom stereocenters. The van der Waals surface area contributed by atoms with E-state index >= 15 is 0 Å². The number of amides is 1. The monoisotopic (exact) mass is 469 g/mol. The van der Waals surface area contributed by atoms with Crippen molar-refractivity contribution in [1.82, 2.24) is 9.97 Å². The lowest BCUT2D eigenvalue weighted by Crippen LogP contribution is -2.20. The van der Waals surface area contributed by atoms with Crippen LogP contribution >= 0.6 is 11.6 Å². The van der Waals surface area contributed by atoms with Gasteiger partial charge >= 0.3 is 6.18 Å². The normalized spacial score (nSPS) is 14.9. The van der Waals surface area contributed by atoms with Crippen molar-refractivity contribution in [3.05, 3.63) is 46.2 Å².